The van der Waals surface area contributed by atoms with E-state index in [2.05, 4.69) is 20.9 Å². The highest BCUT2D eigenvalue weighted by Crippen LogP contribution is 2.16. The molecule has 4 nitrogen and oxygen atoms in total. The molecule has 0 bridgehead atoms. The maximum absolute atomic E-state index is 10.7. The highest BCUT2D eigenvalue weighted by atomic mass is 79.9. The second-order valence-corrected chi connectivity index (χ2v) is 3.20. The third kappa shape index (κ3) is 1.21. The minimum absolute atomic E-state index is 0.0625. The predicted octanol–water partition coefficient (Wildman–Crippen LogP) is 1.79. The summed E-state index contributed by atoms with van der Waals surface area (Å²) in [6, 6.07) is 5.29. The largest absolute Gasteiger partial charge is 0.476 e. The molecule has 1 N–H and O–H groups in total. The average Bonchev–Trinajstić information content (AvgIpc) is 2.45. The summed E-state index contributed by atoms with van der Waals surface area (Å²) in [4.78, 5) is 14.6. The van der Waals surface area contributed by atoms with Crippen molar-refractivity contribution in [2.75, 3.05) is 0 Å². The van der Waals surface area contributed by atoms with Gasteiger partial charge in [0.25, 0.3) is 0 Å². The molecule has 0 radical (unpaired) electrons. The minimum atomic E-state index is -1.02. The summed E-state index contributed by atoms with van der Waals surface area (Å²) < 4.78 is 2.17. The lowest BCUT2D eigenvalue weighted by Crippen LogP contribution is -1.96. The van der Waals surface area contributed by atoms with Crippen molar-refractivity contribution in [2.45, 2.75) is 0 Å². The number of rotatable bonds is 1. The van der Waals surface area contributed by atoms with Crippen molar-refractivity contribution >= 4 is 27.4 Å². The molecule has 2 aromatic heterocycles. The molecule has 0 fully saturated rings. The number of nitrogens with zero attached hydrogens (tertiary/aromatic N) is 2. The molecule has 0 aromatic carbocycles. The van der Waals surface area contributed by atoms with E-state index in [0.29, 0.717) is 10.3 Å². The predicted molar refractivity (Wildman–Crippen MR) is 49.9 cm³/mol. The van der Waals surface area contributed by atoms with Crippen LogP contribution < -0.4 is 0 Å². The lowest BCUT2D eigenvalue weighted by molar-refractivity contribution is 0.0693. The Morgan fingerprint density at radius 2 is 2.31 bits per heavy atom. The minimum Gasteiger partial charge on any atom is -0.476 e. The van der Waals surface area contributed by atoms with Crippen molar-refractivity contribution in [2.24, 2.45) is 0 Å². The SMILES string of the molecule is O=C(O)c1nc(Br)n2ccccc12. The number of hydrogen-bond donors (Lipinski definition) is 1. The van der Waals surface area contributed by atoms with E-state index < -0.39 is 5.97 Å². The van der Waals surface area contributed by atoms with Gasteiger partial charge in [0.15, 0.2) is 10.4 Å². The summed E-state index contributed by atoms with van der Waals surface area (Å²) in [5.74, 6) is -1.02. The normalized spacial score (nSPS) is 10.5. The van der Waals surface area contributed by atoms with E-state index >= 15 is 0 Å². The second kappa shape index (κ2) is 2.85. The van der Waals surface area contributed by atoms with E-state index in [1.807, 2.05) is 6.07 Å². The highest BCUT2D eigenvalue weighted by Gasteiger charge is 2.13. The number of fused-ring (bicyclic) bond motifs is 1. The molecule has 5 heteroatoms. The lowest BCUT2D eigenvalue weighted by Gasteiger charge is -1.92. The van der Waals surface area contributed by atoms with E-state index in [9.17, 15) is 4.79 Å². The first-order chi connectivity index (χ1) is 6.20. The zero-order valence-electron chi connectivity index (χ0n) is 6.44. The van der Waals surface area contributed by atoms with Crippen LogP contribution in [0.1, 0.15) is 10.5 Å². The topological polar surface area (TPSA) is 54.6 Å². The summed E-state index contributed by atoms with van der Waals surface area (Å²) >= 11 is 3.17. The van der Waals surface area contributed by atoms with Gasteiger partial charge in [0.1, 0.15) is 0 Å². The Morgan fingerprint density at radius 1 is 1.54 bits per heavy atom. The summed E-state index contributed by atoms with van der Waals surface area (Å²) in [6.07, 6.45) is 1.75. The molecule has 13 heavy (non-hydrogen) atoms. The zero-order chi connectivity index (χ0) is 9.42. The van der Waals surface area contributed by atoms with Crippen molar-refractivity contribution in [3.63, 3.8) is 0 Å². The Morgan fingerprint density at radius 3 is 3.00 bits per heavy atom. The van der Waals surface area contributed by atoms with Crippen molar-refractivity contribution in [1.82, 2.24) is 9.38 Å². The van der Waals surface area contributed by atoms with Crippen LogP contribution >= 0.6 is 15.9 Å². The van der Waals surface area contributed by atoms with E-state index in [0.717, 1.165) is 0 Å². The molecule has 0 saturated carbocycles. The number of halogens is 1. The van der Waals surface area contributed by atoms with Crippen LogP contribution in [-0.2, 0) is 0 Å². The van der Waals surface area contributed by atoms with Crippen LogP contribution in [0.4, 0.5) is 0 Å². The van der Waals surface area contributed by atoms with Crippen molar-refractivity contribution < 1.29 is 9.90 Å². The quantitative estimate of drug-likeness (QED) is 0.828. The Labute approximate surface area is 82.0 Å². The van der Waals surface area contributed by atoms with Crippen LogP contribution in [0.2, 0.25) is 0 Å². The molecular weight excluding hydrogens is 236 g/mol. The monoisotopic (exact) mass is 240 g/mol. The zero-order valence-corrected chi connectivity index (χ0v) is 8.02. The molecular formula is C8H5BrN2O2. The van der Waals surface area contributed by atoms with Gasteiger partial charge in [0.2, 0.25) is 0 Å². The first-order valence-electron chi connectivity index (χ1n) is 3.56. The number of hydrogen-bond acceptors (Lipinski definition) is 2. The Balaban J connectivity index is 2.85. The molecule has 0 aliphatic rings. The number of pyridine rings is 1. The van der Waals surface area contributed by atoms with E-state index in [4.69, 9.17) is 5.11 Å². The molecule has 66 valence electrons. The fourth-order valence-electron chi connectivity index (χ4n) is 1.16. The average molecular weight is 241 g/mol. The summed E-state index contributed by atoms with van der Waals surface area (Å²) in [7, 11) is 0. The molecule has 0 aliphatic carbocycles. The number of carboxylic acid groups (broad SMARTS) is 1. The van der Waals surface area contributed by atoms with Crippen molar-refractivity contribution in [3.05, 3.63) is 34.8 Å². The van der Waals surface area contributed by atoms with Gasteiger partial charge < -0.3 is 5.11 Å². The van der Waals surface area contributed by atoms with E-state index in [1.54, 1.807) is 22.7 Å². The van der Waals surface area contributed by atoms with Gasteiger partial charge in [-0.1, -0.05) is 6.07 Å². The summed E-state index contributed by atoms with van der Waals surface area (Å²) in [6.45, 7) is 0. The summed E-state index contributed by atoms with van der Waals surface area (Å²) in [5, 5.41) is 8.80. The highest BCUT2D eigenvalue weighted by molar-refractivity contribution is 9.10. The Kier molecular flexibility index (Phi) is 1.81. The smallest absolute Gasteiger partial charge is 0.356 e. The maximum atomic E-state index is 10.7. The first kappa shape index (κ1) is 8.25. The number of carboxylic acids is 1. The molecule has 0 atom stereocenters. The van der Waals surface area contributed by atoms with E-state index in [-0.39, 0.29) is 5.69 Å². The molecule has 0 unspecified atom stereocenters. The Hall–Kier alpha value is -1.36. The van der Waals surface area contributed by atoms with Crippen molar-refractivity contribution in [1.29, 1.82) is 0 Å². The molecule has 2 heterocycles. The fourth-order valence-corrected chi connectivity index (χ4v) is 1.64. The van der Waals surface area contributed by atoms with Gasteiger partial charge in [-0.15, -0.1) is 0 Å². The molecule has 2 aromatic rings. The number of carbonyl (C=O) groups is 1. The lowest BCUT2D eigenvalue weighted by atomic mass is 10.3. The van der Waals surface area contributed by atoms with Gasteiger partial charge in [0.05, 0.1) is 5.52 Å². The van der Waals surface area contributed by atoms with Crippen LogP contribution in [0.25, 0.3) is 5.52 Å². The number of imidazole rings is 1. The van der Waals surface area contributed by atoms with Gasteiger partial charge in [-0.05, 0) is 28.1 Å². The van der Waals surface area contributed by atoms with Crippen molar-refractivity contribution in [3.8, 4) is 0 Å². The third-order valence-electron chi connectivity index (χ3n) is 1.71. The van der Waals surface area contributed by atoms with Gasteiger partial charge in [0, 0.05) is 6.20 Å². The van der Waals surface area contributed by atoms with Gasteiger partial charge in [-0.2, -0.15) is 0 Å². The van der Waals surface area contributed by atoms with Crippen LogP contribution in [0, 0.1) is 0 Å². The maximum Gasteiger partial charge on any atom is 0.356 e. The fraction of sp³-hybridized carbons (Fsp3) is 0. The molecule has 0 amide bonds. The van der Waals surface area contributed by atoms with Crippen LogP contribution in [0.5, 0.6) is 0 Å². The first-order valence-corrected chi connectivity index (χ1v) is 4.35. The van der Waals surface area contributed by atoms with Gasteiger partial charge in [-0.25, -0.2) is 9.78 Å². The van der Waals surface area contributed by atoms with Crippen LogP contribution in [0.3, 0.4) is 0 Å². The molecule has 0 saturated heterocycles. The molecule has 0 spiro atoms. The molecule has 2 rings (SSSR count). The second-order valence-electron chi connectivity index (χ2n) is 2.49. The third-order valence-corrected chi connectivity index (χ3v) is 2.27. The van der Waals surface area contributed by atoms with E-state index in [1.165, 1.54) is 0 Å². The van der Waals surface area contributed by atoms with Gasteiger partial charge in [-0.3, -0.25) is 4.40 Å². The molecule has 0 aliphatic heterocycles. The standard InChI is InChI=1S/C8H5BrN2O2/c9-8-10-6(7(12)13)5-3-1-2-4-11(5)8/h1-4H,(H,12,13). The summed E-state index contributed by atoms with van der Waals surface area (Å²) in [5.41, 5.74) is 0.648. The van der Waals surface area contributed by atoms with Crippen LogP contribution in [0.15, 0.2) is 29.1 Å². The van der Waals surface area contributed by atoms with Gasteiger partial charge >= 0.3 is 5.97 Å². The van der Waals surface area contributed by atoms with Crippen LogP contribution in [-0.4, -0.2) is 20.5 Å². The number of aromatic nitrogens is 2. The Bertz CT molecular complexity index is 478. The number of aromatic carboxylic acids is 1.